The Morgan fingerprint density at radius 2 is 2.36 bits per heavy atom. The topological polar surface area (TPSA) is 45.1 Å². The number of rotatable bonds is 3. The Morgan fingerprint density at radius 3 is 3.00 bits per heavy atom. The van der Waals surface area contributed by atoms with Gasteiger partial charge in [0, 0.05) is 18.8 Å². The van der Waals surface area contributed by atoms with Crippen LogP contribution in [0.15, 0.2) is 24.4 Å². The average Bonchev–Trinajstić information content (AvgIpc) is 2.63. The number of nitrogens with zero attached hydrogens (tertiary/aromatic N) is 1. The van der Waals surface area contributed by atoms with E-state index in [1.54, 1.807) is 6.20 Å². The first-order valence-electron chi connectivity index (χ1n) is 5.16. The van der Waals surface area contributed by atoms with E-state index in [2.05, 4.69) is 10.3 Å². The van der Waals surface area contributed by atoms with E-state index >= 15 is 0 Å². The molecule has 0 saturated heterocycles. The molecular weight excluding hydrogens is 176 g/mol. The Hall–Kier alpha value is -0.930. The van der Waals surface area contributed by atoms with Gasteiger partial charge < -0.3 is 10.4 Å². The molecule has 76 valence electrons. The normalized spacial score (nSPS) is 26.6. The van der Waals surface area contributed by atoms with E-state index in [0.717, 1.165) is 31.5 Å². The van der Waals surface area contributed by atoms with Gasteiger partial charge in [-0.1, -0.05) is 6.07 Å². The Morgan fingerprint density at radius 1 is 1.43 bits per heavy atom. The van der Waals surface area contributed by atoms with Gasteiger partial charge in [-0.25, -0.2) is 0 Å². The second-order valence-electron chi connectivity index (χ2n) is 3.87. The van der Waals surface area contributed by atoms with Gasteiger partial charge in [0.05, 0.1) is 11.8 Å². The zero-order valence-corrected chi connectivity index (χ0v) is 8.19. The van der Waals surface area contributed by atoms with Gasteiger partial charge in [-0.3, -0.25) is 4.98 Å². The molecule has 2 rings (SSSR count). The van der Waals surface area contributed by atoms with E-state index in [9.17, 15) is 5.11 Å². The molecule has 0 spiro atoms. The minimum absolute atomic E-state index is 0.101. The second-order valence-corrected chi connectivity index (χ2v) is 3.87. The maximum absolute atomic E-state index is 9.34. The standard InChI is InChI=1S/C11H16N2O/c14-11-5-4-9(7-11)13-8-10-3-1-2-6-12-10/h1-3,6,9,11,13-14H,4-5,7-8H2/t9-,11+/m0/s1. The second kappa shape index (κ2) is 4.53. The molecule has 0 radical (unpaired) electrons. The van der Waals surface area contributed by atoms with Crippen LogP contribution >= 0.6 is 0 Å². The molecule has 1 saturated carbocycles. The van der Waals surface area contributed by atoms with Gasteiger partial charge >= 0.3 is 0 Å². The molecule has 14 heavy (non-hydrogen) atoms. The zero-order chi connectivity index (χ0) is 9.80. The van der Waals surface area contributed by atoms with Crippen molar-refractivity contribution in [3.63, 3.8) is 0 Å². The summed E-state index contributed by atoms with van der Waals surface area (Å²) in [6.07, 6.45) is 4.59. The average molecular weight is 192 g/mol. The maximum Gasteiger partial charge on any atom is 0.0555 e. The fourth-order valence-electron chi connectivity index (χ4n) is 1.89. The van der Waals surface area contributed by atoms with Gasteiger partial charge in [-0.15, -0.1) is 0 Å². The van der Waals surface area contributed by atoms with Crippen LogP contribution < -0.4 is 5.32 Å². The lowest BCUT2D eigenvalue weighted by Gasteiger charge is -2.10. The molecule has 1 aromatic heterocycles. The first-order chi connectivity index (χ1) is 6.84. The molecule has 1 heterocycles. The monoisotopic (exact) mass is 192 g/mol. The zero-order valence-electron chi connectivity index (χ0n) is 8.19. The van der Waals surface area contributed by atoms with Crippen LogP contribution in [-0.2, 0) is 6.54 Å². The van der Waals surface area contributed by atoms with Crippen LogP contribution in [0.25, 0.3) is 0 Å². The minimum Gasteiger partial charge on any atom is -0.393 e. The molecule has 1 aromatic rings. The highest BCUT2D eigenvalue weighted by Crippen LogP contribution is 2.18. The molecule has 2 atom stereocenters. The molecular formula is C11H16N2O. The summed E-state index contributed by atoms with van der Waals surface area (Å²) in [7, 11) is 0. The van der Waals surface area contributed by atoms with Crippen molar-refractivity contribution in [1.29, 1.82) is 0 Å². The lowest BCUT2D eigenvalue weighted by atomic mass is 10.2. The summed E-state index contributed by atoms with van der Waals surface area (Å²) in [6.45, 7) is 0.804. The van der Waals surface area contributed by atoms with Crippen molar-refractivity contribution in [2.45, 2.75) is 38.0 Å². The van der Waals surface area contributed by atoms with Crippen LogP contribution in [-0.4, -0.2) is 22.2 Å². The Balaban J connectivity index is 1.78. The maximum atomic E-state index is 9.34. The van der Waals surface area contributed by atoms with Gasteiger partial charge in [0.1, 0.15) is 0 Å². The minimum atomic E-state index is -0.101. The van der Waals surface area contributed by atoms with E-state index in [0.29, 0.717) is 6.04 Å². The van der Waals surface area contributed by atoms with Gasteiger partial charge in [-0.05, 0) is 31.4 Å². The van der Waals surface area contributed by atoms with E-state index in [-0.39, 0.29) is 6.10 Å². The summed E-state index contributed by atoms with van der Waals surface area (Å²) >= 11 is 0. The number of aliphatic hydroxyl groups is 1. The molecule has 0 unspecified atom stereocenters. The lowest BCUT2D eigenvalue weighted by molar-refractivity contribution is 0.179. The van der Waals surface area contributed by atoms with Crippen LogP contribution in [0.3, 0.4) is 0 Å². The number of hydrogen-bond acceptors (Lipinski definition) is 3. The predicted octanol–water partition coefficient (Wildman–Crippen LogP) is 1.08. The van der Waals surface area contributed by atoms with Crippen LogP contribution in [0, 0.1) is 0 Å². The van der Waals surface area contributed by atoms with E-state index < -0.39 is 0 Å². The Kier molecular flexibility index (Phi) is 3.11. The van der Waals surface area contributed by atoms with Crippen molar-refractivity contribution < 1.29 is 5.11 Å². The fourth-order valence-corrected chi connectivity index (χ4v) is 1.89. The van der Waals surface area contributed by atoms with Crippen molar-refractivity contribution in [2.24, 2.45) is 0 Å². The molecule has 1 fully saturated rings. The Bertz CT molecular complexity index is 276. The smallest absolute Gasteiger partial charge is 0.0555 e. The quantitative estimate of drug-likeness (QED) is 0.753. The summed E-state index contributed by atoms with van der Waals surface area (Å²) < 4.78 is 0. The fraction of sp³-hybridized carbons (Fsp3) is 0.545. The largest absolute Gasteiger partial charge is 0.393 e. The summed E-state index contributed by atoms with van der Waals surface area (Å²) in [5, 5.41) is 12.7. The highest BCUT2D eigenvalue weighted by molar-refractivity contribution is 5.03. The summed E-state index contributed by atoms with van der Waals surface area (Å²) in [6, 6.07) is 6.39. The third-order valence-corrected chi connectivity index (χ3v) is 2.70. The molecule has 3 heteroatoms. The van der Waals surface area contributed by atoms with Crippen molar-refractivity contribution in [3.8, 4) is 0 Å². The van der Waals surface area contributed by atoms with Gasteiger partial charge in [0.15, 0.2) is 0 Å². The number of aromatic nitrogens is 1. The first-order valence-corrected chi connectivity index (χ1v) is 5.16. The van der Waals surface area contributed by atoms with E-state index in [4.69, 9.17) is 0 Å². The third kappa shape index (κ3) is 2.53. The number of pyridine rings is 1. The van der Waals surface area contributed by atoms with E-state index in [1.807, 2.05) is 18.2 Å². The van der Waals surface area contributed by atoms with Gasteiger partial charge in [-0.2, -0.15) is 0 Å². The predicted molar refractivity (Wildman–Crippen MR) is 54.7 cm³/mol. The van der Waals surface area contributed by atoms with Crippen LogP contribution in [0.1, 0.15) is 25.0 Å². The Labute approximate surface area is 84.2 Å². The summed E-state index contributed by atoms with van der Waals surface area (Å²) in [5.74, 6) is 0. The molecule has 0 aromatic carbocycles. The number of hydrogen-bond donors (Lipinski definition) is 2. The number of aliphatic hydroxyl groups excluding tert-OH is 1. The highest BCUT2D eigenvalue weighted by Gasteiger charge is 2.21. The van der Waals surface area contributed by atoms with Crippen LogP contribution in [0.2, 0.25) is 0 Å². The summed E-state index contributed by atoms with van der Waals surface area (Å²) in [4.78, 5) is 4.23. The third-order valence-electron chi connectivity index (χ3n) is 2.70. The summed E-state index contributed by atoms with van der Waals surface area (Å²) in [5.41, 5.74) is 1.06. The van der Waals surface area contributed by atoms with Gasteiger partial charge in [0.25, 0.3) is 0 Å². The number of nitrogens with one attached hydrogen (secondary N) is 1. The molecule has 0 aliphatic heterocycles. The molecule has 0 amide bonds. The molecule has 3 nitrogen and oxygen atoms in total. The lowest BCUT2D eigenvalue weighted by Crippen LogP contribution is -2.26. The van der Waals surface area contributed by atoms with E-state index in [1.165, 1.54) is 0 Å². The molecule has 1 aliphatic rings. The highest BCUT2D eigenvalue weighted by atomic mass is 16.3. The molecule has 2 N–H and O–H groups in total. The SMILES string of the molecule is O[C@@H]1CC[C@H](NCc2ccccn2)C1. The van der Waals surface area contributed by atoms with Crippen LogP contribution in [0.4, 0.5) is 0 Å². The molecule has 1 aliphatic carbocycles. The van der Waals surface area contributed by atoms with Crippen molar-refractivity contribution in [2.75, 3.05) is 0 Å². The van der Waals surface area contributed by atoms with Crippen molar-refractivity contribution in [1.82, 2.24) is 10.3 Å². The molecule has 0 bridgehead atoms. The first kappa shape index (κ1) is 9.62. The van der Waals surface area contributed by atoms with Crippen molar-refractivity contribution >= 4 is 0 Å². The van der Waals surface area contributed by atoms with Gasteiger partial charge in [0.2, 0.25) is 0 Å². The van der Waals surface area contributed by atoms with Crippen LogP contribution in [0.5, 0.6) is 0 Å². The van der Waals surface area contributed by atoms with Crippen molar-refractivity contribution in [3.05, 3.63) is 30.1 Å².